The van der Waals surface area contributed by atoms with Crippen LogP contribution in [0, 0.1) is 17.2 Å². The number of hydrogen-bond donors (Lipinski definition) is 0. The maximum absolute atomic E-state index is 15.8. The van der Waals surface area contributed by atoms with E-state index in [4.69, 9.17) is 13.9 Å². The first kappa shape index (κ1) is 35.7. The van der Waals surface area contributed by atoms with Gasteiger partial charge in [-0.1, -0.05) is 20.8 Å². The van der Waals surface area contributed by atoms with Crippen LogP contribution in [-0.2, 0) is 46.8 Å². The zero-order chi connectivity index (χ0) is 36.6. The number of halogens is 4. The number of Topliss-reactive ketones (excluding diaryl/α,β-unsaturated/α-hetero) is 1. The molecule has 0 radical (unpaired) electrons. The molecule has 1 aliphatic carbocycles. The molecule has 0 amide bonds. The quantitative estimate of drug-likeness (QED) is 0.121. The van der Waals surface area contributed by atoms with Crippen molar-refractivity contribution >= 4 is 23.9 Å². The topological polar surface area (TPSA) is 108 Å². The van der Waals surface area contributed by atoms with Crippen LogP contribution in [0.3, 0.4) is 0 Å². The first-order valence-electron chi connectivity index (χ1n) is 17.0. The Balaban J connectivity index is 1.38. The second kappa shape index (κ2) is 12.4. The Morgan fingerprint density at radius 2 is 1.84 bits per heavy atom. The summed E-state index contributed by atoms with van der Waals surface area (Å²) in [6, 6.07) is 9.38. The summed E-state index contributed by atoms with van der Waals surface area (Å²) in [7, 11) is -6.07. The van der Waals surface area contributed by atoms with Gasteiger partial charge in [0.1, 0.15) is 11.5 Å². The third-order valence-electron chi connectivity index (χ3n) is 11.1. The van der Waals surface area contributed by atoms with Gasteiger partial charge in [-0.25, -0.2) is 17.6 Å². The molecule has 0 bridgehead atoms. The van der Waals surface area contributed by atoms with Crippen LogP contribution in [-0.4, -0.2) is 66.8 Å². The third kappa shape index (κ3) is 6.27. The SMILES string of the molecule is CC(C)(C)[Si](C)(C)N=S(=O)(c1cc2n(n1)CCOC2)N1CC[C@H]2Cc3c(cnn3-c3ccc(F)cc3)C[C@]2(C(=O)c2cc(C(F)(F)F)ccn2)C1. The smallest absolute Gasteiger partial charge is 0.373 e. The molecule has 4 aromatic rings. The van der Waals surface area contributed by atoms with E-state index in [2.05, 4.69) is 43.9 Å². The molecule has 0 N–H and O–H groups in total. The average Bonchev–Trinajstić information content (AvgIpc) is 3.70. The van der Waals surface area contributed by atoms with Crippen molar-refractivity contribution in [3.05, 3.63) is 88.9 Å². The number of ketones is 1. The maximum atomic E-state index is 15.8. The second-order valence-corrected chi connectivity index (χ2v) is 22.6. The Labute approximate surface area is 295 Å². The first-order valence-corrected chi connectivity index (χ1v) is 21.4. The molecule has 5 heterocycles. The number of piperidine rings is 1. The van der Waals surface area contributed by atoms with Crippen molar-refractivity contribution in [2.45, 2.75) is 82.5 Å². The number of aromatic nitrogens is 5. The average molecular weight is 744 g/mol. The van der Waals surface area contributed by atoms with Crippen LogP contribution in [0.2, 0.25) is 18.1 Å². The van der Waals surface area contributed by atoms with Gasteiger partial charge in [0.25, 0.3) is 0 Å². The Morgan fingerprint density at radius 3 is 2.53 bits per heavy atom. The van der Waals surface area contributed by atoms with Gasteiger partial charge in [0, 0.05) is 31.0 Å². The molecule has 10 nitrogen and oxygen atoms in total. The number of fused-ring (bicyclic) bond motifs is 3. The summed E-state index contributed by atoms with van der Waals surface area (Å²) in [5.41, 5.74) is 0.427. The fraction of sp³-hybridized carbons (Fsp3) is 0.486. The van der Waals surface area contributed by atoms with E-state index in [1.807, 2.05) is 0 Å². The van der Waals surface area contributed by atoms with E-state index >= 15 is 4.21 Å². The molecule has 0 spiro atoms. The summed E-state index contributed by atoms with van der Waals surface area (Å²) in [4.78, 5) is 19.1. The van der Waals surface area contributed by atoms with Gasteiger partial charge in [-0.2, -0.15) is 23.4 Å². The van der Waals surface area contributed by atoms with Gasteiger partial charge in [0.2, 0.25) is 0 Å². The lowest BCUT2D eigenvalue weighted by atomic mass is 9.60. The largest absolute Gasteiger partial charge is 0.416 e. The van der Waals surface area contributed by atoms with Gasteiger partial charge >= 0.3 is 6.18 Å². The Kier molecular flexibility index (Phi) is 8.70. The lowest BCUT2D eigenvalue weighted by Crippen LogP contribution is -2.58. The summed E-state index contributed by atoms with van der Waals surface area (Å²) in [6.07, 6.45) is -1.10. The number of benzene rings is 1. The highest BCUT2D eigenvalue weighted by atomic mass is 32.2. The van der Waals surface area contributed by atoms with Crippen molar-refractivity contribution in [1.82, 2.24) is 28.9 Å². The molecule has 0 saturated carbocycles. The summed E-state index contributed by atoms with van der Waals surface area (Å²) >= 11 is 0. The van der Waals surface area contributed by atoms with E-state index in [0.717, 1.165) is 35.3 Å². The Hall–Kier alpha value is -3.73. The van der Waals surface area contributed by atoms with Gasteiger partial charge in [-0.05, 0) is 85.3 Å². The zero-order valence-electron chi connectivity index (χ0n) is 29.2. The molecule has 3 atom stereocenters. The Bertz CT molecular complexity index is 2090. The third-order valence-corrected chi connectivity index (χ3v) is 19.3. The minimum Gasteiger partial charge on any atom is -0.373 e. The molecular formula is C35H41F4N7O3SSi. The van der Waals surface area contributed by atoms with Crippen molar-refractivity contribution in [3.8, 4) is 5.69 Å². The molecule has 3 aliphatic rings. The number of rotatable bonds is 6. The number of ether oxygens (including phenoxy) is 1. The molecule has 3 aromatic heterocycles. The number of pyridine rings is 1. The van der Waals surface area contributed by atoms with E-state index in [1.165, 1.54) is 12.1 Å². The van der Waals surface area contributed by atoms with Gasteiger partial charge in [0.15, 0.2) is 29.0 Å². The molecule has 1 saturated heterocycles. The minimum absolute atomic E-state index is 0.0365. The standard InChI is InChI=1S/C35H41F4N7O3SSi/c1-33(2,3)51(4,5)43-50(48,31-18-28-21-49-15-14-45(28)42-31)44-13-11-24-17-30-23(20-41-46(30)27-8-6-26(36)7-9-27)19-34(24,22-44)32(47)29-16-25(10-12-40-29)35(37,38)39/h6-10,12,16,18,20,24H,11,13-15,17,19,21-22H2,1-5H3/t24-,34-,50?/m0/s1. The van der Waals surface area contributed by atoms with Crippen LogP contribution >= 0.6 is 0 Å². The summed E-state index contributed by atoms with van der Waals surface area (Å²) in [6.45, 7) is 11.9. The van der Waals surface area contributed by atoms with E-state index in [-0.39, 0.29) is 35.4 Å². The molecule has 272 valence electrons. The highest BCUT2D eigenvalue weighted by Crippen LogP contribution is 2.49. The van der Waals surface area contributed by atoms with E-state index in [1.54, 1.807) is 38.1 Å². The lowest BCUT2D eigenvalue weighted by molar-refractivity contribution is -0.137. The zero-order valence-corrected chi connectivity index (χ0v) is 31.0. The van der Waals surface area contributed by atoms with E-state index in [0.29, 0.717) is 49.9 Å². The van der Waals surface area contributed by atoms with E-state index < -0.39 is 41.1 Å². The lowest BCUT2D eigenvalue weighted by Gasteiger charge is -2.50. The number of nitrogens with zero attached hydrogens (tertiary/aromatic N) is 7. The fourth-order valence-electron chi connectivity index (χ4n) is 7.16. The molecule has 1 unspecified atom stereocenters. The Morgan fingerprint density at radius 1 is 1.10 bits per heavy atom. The van der Waals surface area contributed by atoms with Crippen LogP contribution in [0.15, 0.2) is 63.9 Å². The van der Waals surface area contributed by atoms with Gasteiger partial charge in [-0.15, -0.1) is 0 Å². The van der Waals surface area contributed by atoms with Crippen LogP contribution < -0.4 is 0 Å². The highest BCUT2D eigenvalue weighted by molar-refractivity contribution is 7.92. The molecule has 7 rings (SSSR count). The monoisotopic (exact) mass is 743 g/mol. The molecule has 1 aromatic carbocycles. The predicted octanol–water partition coefficient (Wildman–Crippen LogP) is 6.89. The fourth-order valence-corrected chi connectivity index (χ4v) is 13.1. The number of hydrogen-bond acceptors (Lipinski definition) is 7. The summed E-state index contributed by atoms with van der Waals surface area (Å²) in [5.74, 6) is -1.29. The van der Waals surface area contributed by atoms with Gasteiger partial charge in [0.05, 0.1) is 48.3 Å². The minimum atomic E-state index is -4.68. The summed E-state index contributed by atoms with van der Waals surface area (Å²) < 4.78 is 87.5. The van der Waals surface area contributed by atoms with Crippen molar-refractivity contribution < 1.29 is 31.3 Å². The van der Waals surface area contributed by atoms with E-state index in [9.17, 15) is 22.4 Å². The number of carbonyl (C=O) groups excluding carboxylic acids is 1. The maximum Gasteiger partial charge on any atom is 0.416 e. The van der Waals surface area contributed by atoms with Crippen LogP contribution in [0.25, 0.3) is 5.69 Å². The normalized spacial score (nSPS) is 22.4. The number of alkyl halides is 3. The molecule has 51 heavy (non-hydrogen) atoms. The predicted molar refractivity (Wildman–Crippen MR) is 185 cm³/mol. The first-order chi connectivity index (χ1) is 23.9. The number of carbonyl (C=O) groups is 1. The van der Waals surface area contributed by atoms with Gasteiger partial charge in [-0.3, -0.25) is 18.5 Å². The molecule has 1 fully saturated rings. The van der Waals surface area contributed by atoms with Gasteiger partial charge < -0.3 is 4.74 Å². The molecule has 16 heteroatoms. The van der Waals surface area contributed by atoms with Crippen LogP contribution in [0.1, 0.15) is 60.2 Å². The molecular weight excluding hydrogens is 703 g/mol. The second-order valence-electron chi connectivity index (χ2n) is 15.3. The van der Waals surface area contributed by atoms with Crippen molar-refractivity contribution in [2.24, 2.45) is 15.4 Å². The van der Waals surface area contributed by atoms with Crippen molar-refractivity contribution in [3.63, 3.8) is 0 Å². The van der Waals surface area contributed by atoms with Crippen LogP contribution in [0.4, 0.5) is 17.6 Å². The van der Waals surface area contributed by atoms with Crippen molar-refractivity contribution in [1.29, 1.82) is 0 Å². The molecule has 2 aliphatic heterocycles. The van der Waals surface area contributed by atoms with Crippen molar-refractivity contribution in [2.75, 3.05) is 19.7 Å². The summed E-state index contributed by atoms with van der Waals surface area (Å²) in [5, 5.41) is 9.42. The highest BCUT2D eigenvalue weighted by Gasteiger charge is 2.55. The van der Waals surface area contributed by atoms with Crippen LogP contribution in [0.5, 0.6) is 0 Å².